The fourth-order valence-corrected chi connectivity index (χ4v) is 2.09. The van der Waals surface area contributed by atoms with E-state index in [1.54, 1.807) is 28.3 Å². The third-order valence-corrected chi connectivity index (χ3v) is 3.06. The van der Waals surface area contributed by atoms with Crippen LogP contribution in [0.5, 0.6) is 0 Å². The van der Waals surface area contributed by atoms with Crippen LogP contribution in [0.3, 0.4) is 0 Å². The highest BCUT2D eigenvalue weighted by Gasteiger charge is 2.08. The van der Waals surface area contributed by atoms with Crippen LogP contribution in [0, 0.1) is 6.92 Å². The van der Waals surface area contributed by atoms with Crippen LogP contribution in [0.15, 0.2) is 29.8 Å². The second kappa shape index (κ2) is 4.45. The lowest BCUT2D eigenvalue weighted by Gasteiger charge is -1.90. The molecular weight excluding hydrogens is 220 g/mol. The molecule has 2 heterocycles. The van der Waals surface area contributed by atoms with E-state index in [1.165, 1.54) is 0 Å². The van der Waals surface area contributed by atoms with Crippen LogP contribution >= 0.6 is 11.3 Å². The van der Waals surface area contributed by atoms with Crippen molar-refractivity contribution in [2.75, 3.05) is 0 Å². The molecule has 4 heteroatoms. The maximum atomic E-state index is 11.8. The summed E-state index contributed by atoms with van der Waals surface area (Å²) in [7, 11) is 1.81. The van der Waals surface area contributed by atoms with Gasteiger partial charge < -0.3 is 0 Å². The van der Waals surface area contributed by atoms with Gasteiger partial charge in [-0.3, -0.25) is 9.48 Å². The number of thiophene rings is 1. The van der Waals surface area contributed by atoms with Crippen molar-refractivity contribution in [3.8, 4) is 0 Å². The zero-order valence-electron chi connectivity index (χ0n) is 9.18. The zero-order valence-corrected chi connectivity index (χ0v) is 9.99. The molecule has 2 aromatic heterocycles. The average Bonchev–Trinajstić information content (AvgIpc) is 2.84. The molecule has 0 saturated heterocycles. The number of hydrogen-bond donors (Lipinski definition) is 0. The van der Waals surface area contributed by atoms with Crippen molar-refractivity contribution in [1.29, 1.82) is 0 Å². The normalized spacial score (nSPS) is 11.1. The lowest BCUT2D eigenvalue weighted by Crippen LogP contribution is -1.94. The van der Waals surface area contributed by atoms with Gasteiger partial charge in [0, 0.05) is 18.1 Å². The molecule has 0 aliphatic carbocycles. The van der Waals surface area contributed by atoms with E-state index in [4.69, 9.17) is 0 Å². The van der Waals surface area contributed by atoms with Crippen molar-refractivity contribution >= 4 is 23.2 Å². The first-order valence-electron chi connectivity index (χ1n) is 4.93. The molecule has 16 heavy (non-hydrogen) atoms. The molecule has 82 valence electrons. The van der Waals surface area contributed by atoms with Gasteiger partial charge in [-0.05, 0) is 30.5 Å². The number of allylic oxidation sites excluding steroid dienone is 1. The third-order valence-electron chi connectivity index (χ3n) is 2.22. The SMILES string of the molecule is Cc1nn(C)cc1C(=O)/C=C\c1cccs1. The molecule has 2 aromatic rings. The minimum Gasteiger partial charge on any atom is -0.289 e. The molecule has 0 spiro atoms. The average molecular weight is 232 g/mol. The highest BCUT2D eigenvalue weighted by Crippen LogP contribution is 2.12. The monoisotopic (exact) mass is 232 g/mol. The molecule has 0 aliphatic rings. The molecule has 0 atom stereocenters. The first-order chi connectivity index (χ1) is 7.66. The van der Waals surface area contributed by atoms with Gasteiger partial charge in [0.2, 0.25) is 0 Å². The smallest absolute Gasteiger partial charge is 0.189 e. The Morgan fingerprint density at radius 2 is 2.38 bits per heavy atom. The number of carbonyl (C=O) groups is 1. The Bertz CT molecular complexity index is 523. The van der Waals surface area contributed by atoms with Gasteiger partial charge in [0.15, 0.2) is 5.78 Å². The summed E-state index contributed by atoms with van der Waals surface area (Å²) in [5, 5.41) is 6.13. The summed E-state index contributed by atoms with van der Waals surface area (Å²) >= 11 is 1.61. The van der Waals surface area contributed by atoms with Crippen molar-refractivity contribution in [1.82, 2.24) is 9.78 Å². The predicted octanol–water partition coefficient (Wildman–Crippen LogP) is 2.69. The van der Waals surface area contributed by atoms with Gasteiger partial charge in [-0.2, -0.15) is 5.10 Å². The summed E-state index contributed by atoms with van der Waals surface area (Å²) < 4.78 is 1.65. The summed E-state index contributed by atoms with van der Waals surface area (Å²) in [5.41, 5.74) is 1.43. The number of aromatic nitrogens is 2. The molecule has 0 unspecified atom stereocenters. The first kappa shape index (κ1) is 10.8. The number of hydrogen-bond acceptors (Lipinski definition) is 3. The molecule has 3 nitrogen and oxygen atoms in total. The van der Waals surface area contributed by atoms with E-state index < -0.39 is 0 Å². The zero-order chi connectivity index (χ0) is 11.5. The highest BCUT2D eigenvalue weighted by atomic mass is 32.1. The van der Waals surface area contributed by atoms with Gasteiger partial charge in [0.05, 0.1) is 11.3 Å². The minimum absolute atomic E-state index is 0.000926. The van der Waals surface area contributed by atoms with Crippen molar-refractivity contribution in [2.24, 2.45) is 7.05 Å². The van der Waals surface area contributed by atoms with Crippen LogP contribution in [-0.4, -0.2) is 15.6 Å². The van der Waals surface area contributed by atoms with E-state index in [1.807, 2.05) is 37.6 Å². The van der Waals surface area contributed by atoms with Crippen LogP contribution in [0.2, 0.25) is 0 Å². The molecule has 0 fully saturated rings. The van der Waals surface area contributed by atoms with E-state index >= 15 is 0 Å². The molecule has 2 rings (SSSR count). The van der Waals surface area contributed by atoms with E-state index in [-0.39, 0.29) is 5.78 Å². The quantitative estimate of drug-likeness (QED) is 0.602. The number of aryl methyl sites for hydroxylation is 2. The molecule has 0 saturated carbocycles. The van der Waals surface area contributed by atoms with Crippen molar-refractivity contribution < 1.29 is 4.79 Å². The fraction of sp³-hybridized carbons (Fsp3) is 0.167. The minimum atomic E-state index is -0.000926. The summed E-state index contributed by atoms with van der Waals surface area (Å²) in [6.45, 7) is 1.84. The third kappa shape index (κ3) is 2.28. The molecule has 0 N–H and O–H groups in total. The second-order valence-corrected chi connectivity index (χ2v) is 4.49. The molecule has 0 bridgehead atoms. The van der Waals surface area contributed by atoms with Gasteiger partial charge in [-0.1, -0.05) is 6.07 Å². The summed E-state index contributed by atoms with van der Waals surface area (Å²) in [5.74, 6) is -0.000926. The van der Waals surface area contributed by atoms with Gasteiger partial charge in [0.1, 0.15) is 0 Å². The van der Waals surface area contributed by atoms with E-state index in [9.17, 15) is 4.79 Å². The number of ketones is 1. The Hall–Kier alpha value is -1.68. The number of rotatable bonds is 3. The Morgan fingerprint density at radius 1 is 1.56 bits per heavy atom. The molecular formula is C12H12N2OS. The largest absolute Gasteiger partial charge is 0.289 e. The number of nitrogens with zero attached hydrogens (tertiary/aromatic N) is 2. The van der Waals surface area contributed by atoms with Crippen LogP contribution < -0.4 is 0 Å². The Kier molecular flexibility index (Phi) is 3.01. The predicted molar refractivity (Wildman–Crippen MR) is 65.6 cm³/mol. The topological polar surface area (TPSA) is 34.9 Å². The summed E-state index contributed by atoms with van der Waals surface area (Å²) in [6.07, 6.45) is 5.17. The lowest BCUT2D eigenvalue weighted by molar-refractivity contribution is 0.104. The second-order valence-electron chi connectivity index (χ2n) is 3.51. The molecule has 0 radical (unpaired) electrons. The molecule has 0 aliphatic heterocycles. The first-order valence-corrected chi connectivity index (χ1v) is 5.81. The molecule has 0 amide bonds. The number of carbonyl (C=O) groups excluding carboxylic acids is 1. The van der Waals surface area contributed by atoms with E-state index in [2.05, 4.69) is 5.10 Å². The van der Waals surface area contributed by atoms with E-state index in [0.29, 0.717) is 5.56 Å². The maximum Gasteiger partial charge on any atom is 0.189 e. The van der Waals surface area contributed by atoms with Gasteiger partial charge >= 0.3 is 0 Å². The van der Waals surface area contributed by atoms with Gasteiger partial charge in [-0.25, -0.2) is 0 Å². The lowest BCUT2D eigenvalue weighted by atomic mass is 10.1. The van der Waals surface area contributed by atoms with Crippen molar-refractivity contribution in [2.45, 2.75) is 6.92 Å². The van der Waals surface area contributed by atoms with E-state index in [0.717, 1.165) is 10.6 Å². The van der Waals surface area contributed by atoms with Crippen LogP contribution in [0.1, 0.15) is 20.9 Å². The maximum absolute atomic E-state index is 11.8. The Balaban J connectivity index is 2.17. The summed E-state index contributed by atoms with van der Waals surface area (Å²) in [4.78, 5) is 12.9. The van der Waals surface area contributed by atoms with Crippen LogP contribution in [-0.2, 0) is 7.05 Å². The van der Waals surface area contributed by atoms with Crippen LogP contribution in [0.25, 0.3) is 6.08 Å². The van der Waals surface area contributed by atoms with Gasteiger partial charge in [-0.15, -0.1) is 11.3 Å². The highest BCUT2D eigenvalue weighted by molar-refractivity contribution is 7.10. The van der Waals surface area contributed by atoms with Crippen LogP contribution in [0.4, 0.5) is 0 Å². The summed E-state index contributed by atoms with van der Waals surface area (Å²) in [6, 6.07) is 3.94. The van der Waals surface area contributed by atoms with Crippen molar-refractivity contribution in [3.05, 3.63) is 45.9 Å². The molecule has 0 aromatic carbocycles. The Labute approximate surface area is 98.0 Å². The Morgan fingerprint density at radius 3 is 2.94 bits per heavy atom. The standard InChI is InChI=1S/C12H12N2OS/c1-9-11(8-14(2)13-9)12(15)6-5-10-4-3-7-16-10/h3-8H,1-2H3/b6-5-. The fourth-order valence-electron chi connectivity index (χ4n) is 1.48. The van der Waals surface area contributed by atoms with Gasteiger partial charge in [0.25, 0.3) is 0 Å². The van der Waals surface area contributed by atoms with Crippen molar-refractivity contribution in [3.63, 3.8) is 0 Å².